The Morgan fingerprint density at radius 2 is 1.15 bits per heavy atom. The zero-order valence-electron chi connectivity index (χ0n) is 16.1. The number of nitrogens with two attached hydrogens (primary N) is 1. The van der Waals surface area contributed by atoms with Crippen LogP contribution >= 0.6 is 0 Å². The number of aliphatic carboxylic acids is 1. The molecule has 0 saturated heterocycles. The van der Waals surface area contributed by atoms with Gasteiger partial charge in [0.05, 0.1) is 10.8 Å². The summed E-state index contributed by atoms with van der Waals surface area (Å²) in [7, 11) is 0. The maximum absolute atomic E-state index is 12.9. The molecule has 0 aromatic rings. The molecule has 0 spiro atoms. The van der Waals surface area contributed by atoms with Gasteiger partial charge >= 0.3 is 5.97 Å². The molecule has 8 bridgehead atoms. The van der Waals surface area contributed by atoms with Gasteiger partial charge < -0.3 is 5.11 Å². The SMILES string of the molecule is NNC(=O)C12CC3CC(C1)CC(C14CC5CC(CC(C(=O)O)(C5)C1)C4)(C3)C2. The van der Waals surface area contributed by atoms with Crippen LogP contribution in [-0.4, -0.2) is 17.0 Å². The molecule has 5 nitrogen and oxygen atoms in total. The summed E-state index contributed by atoms with van der Waals surface area (Å²) in [5.74, 6) is 7.60. The Hall–Kier alpha value is -1.10. The number of hydrogen-bond acceptors (Lipinski definition) is 3. The van der Waals surface area contributed by atoms with Crippen LogP contribution in [0.5, 0.6) is 0 Å². The molecular formula is C22H32N2O3. The first kappa shape index (κ1) is 16.8. The van der Waals surface area contributed by atoms with Crippen molar-refractivity contribution in [1.29, 1.82) is 0 Å². The monoisotopic (exact) mass is 372 g/mol. The van der Waals surface area contributed by atoms with Gasteiger partial charge in [0.1, 0.15) is 0 Å². The molecule has 5 heteroatoms. The predicted molar refractivity (Wildman–Crippen MR) is 99.1 cm³/mol. The molecular weight excluding hydrogens is 340 g/mol. The molecule has 4 atom stereocenters. The average Bonchev–Trinajstić information content (AvgIpc) is 2.58. The van der Waals surface area contributed by atoms with Crippen LogP contribution in [0.15, 0.2) is 0 Å². The quantitative estimate of drug-likeness (QED) is 0.403. The Morgan fingerprint density at radius 1 is 0.741 bits per heavy atom. The molecule has 1 amide bonds. The first-order valence-corrected chi connectivity index (χ1v) is 11.1. The smallest absolute Gasteiger partial charge is 0.309 e. The third-order valence-electron chi connectivity index (χ3n) is 10.3. The zero-order valence-corrected chi connectivity index (χ0v) is 16.1. The van der Waals surface area contributed by atoms with Gasteiger partial charge in [0, 0.05) is 0 Å². The van der Waals surface area contributed by atoms with Crippen LogP contribution < -0.4 is 11.3 Å². The molecule has 8 rings (SSSR count). The fourth-order valence-electron chi connectivity index (χ4n) is 10.4. The van der Waals surface area contributed by atoms with Gasteiger partial charge in [0.15, 0.2) is 0 Å². The predicted octanol–water partition coefficient (Wildman–Crippen LogP) is 3.23. The first-order chi connectivity index (χ1) is 12.8. The molecule has 8 aliphatic rings. The van der Waals surface area contributed by atoms with E-state index >= 15 is 0 Å². The minimum Gasteiger partial charge on any atom is -0.481 e. The van der Waals surface area contributed by atoms with Gasteiger partial charge in [-0.1, -0.05) is 0 Å². The number of hydrogen-bond donors (Lipinski definition) is 3. The van der Waals surface area contributed by atoms with Crippen molar-refractivity contribution in [2.24, 2.45) is 51.2 Å². The van der Waals surface area contributed by atoms with Gasteiger partial charge in [-0.05, 0) is 112 Å². The second-order valence-electron chi connectivity index (χ2n) is 11.8. The van der Waals surface area contributed by atoms with Crippen molar-refractivity contribution in [3.8, 4) is 0 Å². The summed E-state index contributed by atoms with van der Waals surface area (Å²) in [6, 6.07) is 0. The van der Waals surface area contributed by atoms with E-state index in [1.165, 1.54) is 38.5 Å². The summed E-state index contributed by atoms with van der Waals surface area (Å²) >= 11 is 0. The second-order valence-corrected chi connectivity index (χ2v) is 11.8. The van der Waals surface area contributed by atoms with Gasteiger partial charge in [0.2, 0.25) is 5.91 Å². The Labute approximate surface area is 160 Å². The van der Waals surface area contributed by atoms with Crippen LogP contribution in [0.4, 0.5) is 0 Å². The van der Waals surface area contributed by atoms with Gasteiger partial charge in [-0.25, -0.2) is 5.84 Å². The van der Waals surface area contributed by atoms with E-state index in [0.717, 1.165) is 38.5 Å². The fourth-order valence-corrected chi connectivity index (χ4v) is 10.4. The highest BCUT2D eigenvalue weighted by atomic mass is 16.4. The largest absolute Gasteiger partial charge is 0.481 e. The first-order valence-electron chi connectivity index (χ1n) is 11.1. The van der Waals surface area contributed by atoms with Crippen molar-refractivity contribution in [2.45, 2.75) is 77.0 Å². The van der Waals surface area contributed by atoms with Crippen LogP contribution in [0.3, 0.4) is 0 Å². The highest BCUT2D eigenvalue weighted by Crippen LogP contribution is 2.78. The van der Waals surface area contributed by atoms with E-state index < -0.39 is 11.4 Å². The molecule has 0 heterocycles. The van der Waals surface area contributed by atoms with Crippen LogP contribution in [0.25, 0.3) is 0 Å². The molecule has 0 aliphatic heterocycles. The van der Waals surface area contributed by atoms with Gasteiger partial charge in [-0.2, -0.15) is 0 Å². The third kappa shape index (κ3) is 1.95. The number of carboxylic acid groups (broad SMARTS) is 1. The van der Waals surface area contributed by atoms with E-state index in [1.54, 1.807) is 0 Å². The highest BCUT2D eigenvalue weighted by molar-refractivity contribution is 5.82. The maximum Gasteiger partial charge on any atom is 0.309 e. The van der Waals surface area contributed by atoms with Gasteiger partial charge in [0.25, 0.3) is 0 Å². The standard InChI is InChI=1S/C22H32N2O3/c23-24-17(25)19-3-13-1-14(4-19)8-21(7-13,11-19)22-9-15-2-16(10-22)6-20(5-15,12-22)18(26)27/h13-16H,1-12,23H2,(H,24,25)(H,26,27). The molecule has 27 heavy (non-hydrogen) atoms. The van der Waals surface area contributed by atoms with E-state index in [4.69, 9.17) is 5.84 Å². The minimum atomic E-state index is -0.542. The van der Waals surface area contributed by atoms with Crippen LogP contribution in [0.1, 0.15) is 77.0 Å². The van der Waals surface area contributed by atoms with Crippen molar-refractivity contribution in [3.05, 3.63) is 0 Å². The Bertz CT molecular complexity index is 703. The van der Waals surface area contributed by atoms with Crippen molar-refractivity contribution < 1.29 is 14.7 Å². The lowest BCUT2D eigenvalue weighted by Crippen LogP contribution is -2.67. The van der Waals surface area contributed by atoms with E-state index in [0.29, 0.717) is 23.7 Å². The number of carbonyl (C=O) groups excluding carboxylic acids is 1. The van der Waals surface area contributed by atoms with Gasteiger partial charge in [-0.3, -0.25) is 15.0 Å². The summed E-state index contributed by atoms with van der Waals surface area (Å²) in [5, 5.41) is 10.2. The highest BCUT2D eigenvalue weighted by Gasteiger charge is 2.71. The molecule has 0 aromatic heterocycles. The van der Waals surface area contributed by atoms with E-state index in [-0.39, 0.29) is 22.2 Å². The van der Waals surface area contributed by atoms with Gasteiger partial charge in [-0.15, -0.1) is 0 Å². The summed E-state index contributed by atoms with van der Waals surface area (Å²) in [6.45, 7) is 0. The van der Waals surface area contributed by atoms with E-state index in [9.17, 15) is 14.7 Å². The fraction of sp³-hybridized carbons (Fsp3) is 0.909. The van der Waals surface area contributed by atoms with Crippen molar-refractivity contribution in [1.82, 2.24) is 5.43 Å². The number of hydrazine groups is 1. The number of rotatable bonds is 3. The zero-order chi connectivity index (χ0) is 18.7. The lowest BCUT2D eigenvalue weighted by atomic mass is 9.31. The topological polar surface area (TPSA) is 92.4 Å². The van der Waals surface area contributed by atoms with Crippen LogP contribution in [-0.2, 0) is 9.59 Å². The Kier molecular flexibility index (Phi) is 3.05. The minimum absolute atomic E-state index is 0.0543. The summed E-state index contributed by atoms with van der Waals surface area (Å²) in [5.41, 5.74) is 2.09. The van der Waals surface area contributed by atoms with Crippen molar-refractivity contribution in [3.63, 3.8) is 0 Å². The van der Waals surface area contributed by atoms with Crippen LogP contribution in [0, 0.1) is 45.3 Å². The third-order valence-corrected chi connectivity index (χ3v) is 10.3. The van der Waals surface area contributed by atoms with Crippen LogP contribution in [0.2, 0.25) is 0 Å². The lowest BCUT2D eigenvalue weighted by Gasteiger charge is -2.73. The molecule has 8 saturated carbocycles. The molecule has 0 radical (unpaired) electrons. The summed E-state index contributed by atoms with van der Waals surface area (Å²) in [4.78, 5) is 25.2. The van der Waals surface area contributed by atoms with E-state index in [2.05, 4.69) is 5.43 Å². The number of amides is 1. The molecule has 0 aromatic carbocycles. The number of carboxylic acids is 1. The molecule has 8 fully saturated rings. The summed E-state index contributed by atoms with van der Waals surface area (Å²) in [6.07, 6.45) is 13.1. The molecule has 4 unspecified atom stereocenters. The number of carbonyl (C=O) groups is 2. The van der Waals surface area contributed by atoms with Crippen molar-refractivity contribution in [2.75, 3.05) is 0 Å². The number of nitrogens with one attached hydrogen (secondary N) is 1. The van der Waals surface area contributed by atoms with Crippen molar-refractivity contribution >= 4 is 11.9 Å². The Balaban J connectivity index is 1.45. The normalized spacial score (nSPS) is 57.1. The molecule has 4 N–H and O–H groups in total. The maximum atomic E-state index is 12.9. The average molecular weight is 373 g/mol. The lowest BCUT2D eigenvalue weighted by molar-refractivity contribution is -0.238. The van der Waals surface area contributed by atoms with E-state index in [1.807, 2.05) is 0 Å². The Morgan fingerprint density at radius 3 is 1.56 bits per heavy atom. The molecule has 148 valence electrons. The summed E-state index contributed by atoms with van der Waals surface area (Å²) < 4.78 is 0. The molecule has 8 aliphatic carbocycles. The second kappa shape index (κ2) is 4.90.